The third-order valence-corrected chi connectivity index (χ3v) is 16.7. The Morgan fingerprint density at radius 3 is 2.45 bits per heavy atom. The first-order valence-electron chi connectivity index (χ1n) is 20.8. The van der Waals surface area contributed by atoms with Crippen LogP contribution >= 0.6 is 11.6 Å². The summed E-state index contributed by atoms with van der Waals surface area (Å²) >= 11 is 6.40. The van der Waals surface area contributed by atoms with Crippen LogP contribution in [0.4, 0.5) is 13.2 Å². The molecule has 11 rings (SSSR count). The quantitative estimate of drug-likeness (QED) is 0.132. The van der Waals surface area contributed by atoms with Crippen LogP contribution in [0.1, 0.15) is 93.8 Å². The highest BCUT2D eigenvalue weighted by atomic mass is 35.5. The first-order valence-corrected chi connectivity index (χ1v) is 21.2. The Labute approximate surface area is 339 Å². The number of aliphatic hydroxyl groups is 2. The molecule has 8 atom stereocenters. The Bertz CT molecular complexity index is 2460. The number of likely N-dealkylation sites (tertiary alicyclic amines) is 1. The van der Waals surface area contributed by atoms with Gasteiger partial charge in [0.15, 0.2) is 5.76 Å². The van der Waals surface area contributed by atoms with Gasteiger partial charge in [0.05, 0.1) is 33.3 Å². The lowest BCUT2D eigenvalue weighted by molar-refractivity contribution is -0.176. The second-order valence-electron chi connectivity index (χ2n) is 18.8. The summed E-state index contributed by atoms with van der Waals surface area (Å²) in [5.74, 6) is -0.231. The molecule has 58 heavy (non-hydrogen) atoms. The predicted octanol–water partition coefficient (Wildman–Crippen LogP) is 9.37. The van der Waals surface area contributed by atoms with E-state index >= 15 is 4.79 Å². The van der Waals surface area contributed by atoms with E-state index in [9.17, 15) is 28.2 Å². The molecule has 8 nitrogen and oxygen atoms in total. The Hall–Kier alpha value is -3.90. The van der Waals surface area contributed by atoms with Crippen LogP contribution in [0.3, 0.4) is 0 Å². The van der Waals surface area contributed by atoms with E-state index in [-0.39, 0.29) is 56.9 Å². The highest BCUT2D eigenvalue weighted by Crippen LogP contribution is 2.78. The number of Topliss-reactive ketones (excluding diaryl/α,β-unsaturated/α-hetero) is 1. The molecule has 1 saturated heterocycles. The average Bonchev–Trinajstić information content (AvgIpc) is 3.88. The molecule has 306 valence electrons. The van der Waals surface area contributed by atoms with Crippen molar-refractivity contribution in [3.63, 3.8) is 0 Å². The fourth-order valence-electron chi connectivity index (χ4n) is 13.4. The summed E-state index contributed by atoms with van der Waals surface area (Å²) in [6.45, 7) is 6.54. The molecule has 3 N–H and O–H groups in total. The van der Waals surface area contributed by atoms with Gasteiger partial charge in [-0.25, -0.2) is 4.79 Å². The lowest BCUT2D eigenvalue weighted by Gasteiger charge is -2.71. The summed E-state index contributed by atoms with van der Waals surface area (Å²) in [7, 11) is 0. The summed E-state index contributed by atoms with van der Waals surface area (Å²) in [5, 5.41) is 24.1. The third kappa shape index (κ3) is 5.24. The van der Waals surface area contributed by atoms with Gasteiger partial charge in [-0.3, -0.25) is 9.36 Å². The SMILES string of the molecule is CC12CCC(O)CC13C=CC1(C(C(=O)c4ccc(-c5cc(C(F)(F)F)ccc5Cl)o4)=C3)C2CCC2(C)C1CCC2(O)CN1CCC(n2c(=O)[nH]c3ccccc32)CC1. The van der Waals surface area contributed by atoms with Crippen LogP contribution in [0.25, 0.3) is 22.4 Å². The number of nitrogens with zero attached hydrogens (tertiary/aromatic N) is 2. The number of nitrogens with one attached hydrogen (secondary N) is 1. The van der Waals surface area contributed by atoms with Crippen molar-refractivity contribution in [3.05, 3.63) is 105 Å². The molecular weight excluding hydrogens is 767 g/mol. The highest BCUT2D eigenvalue weighted by Gasteiger charge is 2.74. The molecule has 2 spiro atoms. The molecule has 4 fully saturated rings. The van der Waals surface area contributed by atoms with Crippen molar-refractivity contribution in [3.8, 4) is 11.3 Å². The summed E-state index contributed by atoms with van der Waals surface area (Å²) in [6, 6.07) is 13.9. The van der Waals surface area contributed by atoms with E-state index in [1.165, 1.54) is 18.2 Å². The molecule has 3 saturated carbocycles. The number of para-hydroxylation sites is 2. The highest BCUT2D eigenvalue weighted by molar-refractivity contribution is 6.33. The molecule has 1 aliphatic heterocycles. The van der Waals surface area contributed by atoms with Crippen LogP contribution < -0.4 is 5.69 Å². The van der Waals surface area contributed by atoms with Crippen LogP contribution in [0.15, 0.2) is 87.6 Å². The zero-order valence-corrected chi connectivity index (χ0v) is 33.5. The minimum absolute atomic E-state index is 0.0241. The third-order valence-electron chi connectivity index (χ3n) is 16.4. The number of carbonyl (C=O) groups excluding carboxylic acids is 1. The largest absolute Gasteiger partial charge is 0.453 e. The van der Waals surface area contributed by atoms with Crippen LogP contribution in [-0.4, -0.2) is 61.8 Å². The molecule has 0 radical (unpaired) electrons. The first-order chi connectivity index (χ1) is 27.5. The monoisotopic (exact) mass is 815 g/mol. The zero-order valence-electron chi connectivity index (χ0n) is 32.7. The van der Waals surface area contributed by atoms with Crippen LogP contribution in [0.2, 0.25) is 5.02 Å². The van der Waals surface area contributed by atoms with E-state index < -0.39 is 39.7 Å². The Kier molecular flexibility index (Phi) is 8.46. The normalized spacial score (nSPS) is 36.1. The van der Waals surface area contributed by atoms with Gasteiger partial charge in [0.1, 0.15) is 5.76 Å². The molecule has 2 bridgehead atoms. The number of furan rings is 1. The number of aromatic nitrogens is 2. The maximum absolute atomic E-state index is 15.1. The van der Waals surface area contributed by atoms with Crippen molar-refractivity contribution < 1.29 is 32.6 Å². The van der Waals surface area contributed by atoms with Crippen molar-refractivity contribution in [2.75, 3.05) is 19.6 Å². The van der Waals surface area contributed by atoms with Crippen molar-refractivity contribution in [2.24, 2.45) is 33.5 Å². The summed E-state index contributed by atoms with van der Waals surface area (Å²) in [5.41, 5.74) is -1.64. The summed E-state index contributed by atoms with van der Waals surface area (Å²) in [4.78, 5) is 33.4. The van der Waals surface area contributed by atoms with Crippen molar-refractivity contribution in [2.45, 2.75) is 95.6 Å². The number of rotatable bonds is 6. The number of piperidine rings is 1. The van der Waals surface area contributed by atoms with Gasteiger partial charge in [-0.1, -0.05) is 55.8 Å². The number of hydrogen-bond donors (Lipinski definition) is 3. The number of benzene rings is 2. The molecular formula is C46H49ClF3N3O5. The number of β-amino-alcohol motifs (C(OH)–C–C–N with tert-alkyl or cyclic N) is 1. The summed E-state index contributed by atoms with van der Waals surface area (Å²) in [6.07, 6.45) is 7.97. The van der Waals surface area contributed by atoms with Crippen molar-refractivity contribution in [1.29, 1.82) is 0 Å². The maximum Gasteiger partial charge on any atom is 0.416 e. The van der Waals surface area contributed by atoms with E-state index in [0.29, 0.717) is 37.8 Å². The van der Waals surface area contributed by atoms with E-state index in [1.54, 1.807) is 0 Å². The van der Waals surface area contributed by atoms with Gasteiger partial charge in [-0.2, -0.15) is 13.2 Å². The number of hydrogen-bond acceptors (Lipinski definition) is 6. The number of imidazole rings is 1. The van der Waals surface area contributed by atoms with Gasteiger partial charge in [0.2, 0.25) is 5.78 Å². The van der Waals surface area contributed by atoms with E-state index in [0.717, 1.165) is 68.4 Å². The number of aliphatic hydroxyl groups excluding tert-OH is 1. The molecule has 3 heterocycles. The lowest BCUT2D eigenvalue weighted by Crippen LogP contribution is -2.67. The topological polar surface area (TPSA) is 112 Å². The fourth-order valence-corrected chi connectivity index (χ4v) is 13.6. The van der Waals surface area contributed by atoms with Gasteiger partial charge in [-0.15, -0.1) is 0 Å². The second kappa shape index (κ2) is 12.8. The standard InChI is InChI=1S/C46H49ClF3N3O5/c1-41-16-11-29(54)24-43(41)19-20-45(31(25-43)39(55)36-10-9-35(58-36)30-23-27(46(48,49)50)7-8-32(30)47)37(41)12-17-42(2)38(45)13-18-44(42,57)26-52-21-14-28(15-22-52)53-34-6-4-3-5-33(34)51-40(53)56/h3-10,19-20,23,25,28-29,37-38,54,57H,11-18,21-22,24,26H2,1-2H3,(H,51,56). The Balaban J connectivity index is 0.977. The molecule has 0 amide bonds. The van der Waals surface area contributed by atoms with Gasteiger partial charge < -0.3 is 24.5 Å². The zero-order chi connectivity index (χ0) is 40.6. The average molecular weight is 816 g/mol. The van der Waals surface area contributed by atoms with Gasteiger partial charge in [0, 0.05) is 53.1 Å². The molecule has 7 aliphatic rings. The van der Waals surface area contributed by atoms with Crippen molar-refractivity contribution >= 4 is 28.4 Å². The number of carbonyl (C=O) groups is 1. The molecule has 2 aromatic carbocycles. The number of halogens is 4. The minimum atomic E-state index is -4.58. The molecule has 12 heteroatoms. The Morgan fingerprint density at radius 1 is 0.948 bits per heavy atom. The minimum Gasteiger partial charge on any atom is -0.453 e. The van der Waals surface area contributed by atoms with Crippen LogP contribution in [0, 0.1) is 33.5 Å². The number of H-pyrrole nitrogens is 1. The van der Waals surface area contributed by atoms with Crippen LogP contribution in [0.5, 0.6) is 0 Å². The number of aromatic amines is 1. The molecule has 6 aliphatic carbocycles. The molecule has 4 aromatic rings. The fraction of sp³-hybridized carbons (Fsp3) is 0.522. The van der Waals surface area contributed by atoms with E-state index in [1.807, 2.05) is 28.8 Å². The summed E-state index contributed by atoms with van der Waals surface area (Å²) < 4.78 is 49.1. The van der Waals surface area contributed by atoms with Gasteiger partial charge >= 0.3 is 11.9 Å². The van der Waals surface area contributed by atoms with E-state index in [4.69, 9.17) is 16.0 Å². The predicted molar refractivity (Wildman–Crippen MR) is 214 cm³/mol. The maximum atomic E-state index is 15.1. The number of ketones is 1. The number of allylic oxidation sites excluding steroid dienone is 4. The number of fused-ring (bicyclic) bond motifs is 2. The number of alkyl halides is 3. The lowest BCUT2D eigenvalue weighted by atomic mass is 9.32. The van der Waals surface area contributed by atoms with E-state index in [2.05, 4.69) is 42.0 Å². The smallest absolute Gasteiger partial charge is 0.416 e. The molecule has 2 aromatic heterocycles. The van der Waals surface area contributed by atoms with Crippen molar-refractivity contribution in [1.82, 2.24) is 14.5 Å². The van der Waals surface area contributed by atoms with Gasteiger partial charge in [0.25, 0.3) is 0 Å². The molecule has 8 unspecified atom stereocenters. The second-order valence-corrected chi connectivity index (χ2v) is 19.2. The van der Waals surface area contributed by atoms with Gasteiger partial charge in [-0.05, 0) is 118 Å². The Morgan fingerprint density at radius 2 is 1.67 bits per heavy atom. The first kappa shape index (κ1) is 38.3. The van der Waals surface area contributed by atoms with Crippen LogP contribution in [-0.2, 0) is 6.18 Å².